The van der Waals surface area contributed by atoms with Crippen molar-refractivity contribution in [1.82, 2.24) is 0 Å². The summed E-state index contributed by atoms with van der Waals surface area (Å²) < 4.78 is 0. The van der Waals surface area contributed by atoms with Gasteiger partial charge in [-0.05, 0) is 18.8 Å². The fourth-order valence-electron chi connectivity index (χ4n) is 1.74. The van der Waals surface area contributed by atoms with E-state index in [4.69, 9.17) is 11.5 Å². The molecule has 60 valence electrons. The van der Waals surface area contributed by atoms with Crippen LogP contribution in [-0.2, 0) is 0 Å². The fraction of sp³-hybridized carbons (Fsp3) is 1.00. The van der Waals surface area contributed by atoms with Crippen LogP contribution >= 0.6 is 0 Å². The molecule has 1 fully saturated rings. The molecule has 0 aromatic heterocycles. The van der Waals surface area contributed by atoms with Crippen molar-refractivity contribution >= 4 is 0 Å². The number of hydrogen-bond donors (Lipinski definition) is 2. The molecule has 1 aliphatic rings. The highest BCUT2D eigenvalue weighted by molar-refractivity contribution is 4.92. The van der Waals surface area contributed by atoms with Crippen molar-refractivity contribution in [3.05, 3.63) is 0 Å². The lowest BCUT2D eigenvalue weighted by Gasteiger charge is -2.38. The maximum atomic E-state index is 6.08. The van der Waals surface area contributed by atoms with Crippen molar-refractivity contribution in [1.29, 1.82) is 0 Å². The van der Waals surface area contributed by atoms with Crippen molar-refractivity contribution in [2.24, 2.45) is 17.4 Å². The molecule has 10 heavy (non-hydrogen) atoms. The van der Waals surface area contributed by atoms with E-state index in [1.165, 1.54) is 19.3 Å². The predicted octanol–water partition coefficient (Wildman–Crippen LogP) is 0.853. The SMILES string of the molecule is C[C@H]1CCCC[C@@]1(N)CN. The summed E-state index contributed by atoms with van der Waals surface area (Å²) in [6.07, 6.45) is 4.97. The summed E-state index contributed by atoms with van der Waals surface area (Å²) in [5, 5.41) is 0. The van der Waals surface area contributed by atoms with Gasteiger partial charge in [0.15, 0.2) is 0 Å². The summed E-state index contributed by atoms with van der Waals surface area (Å²) in [4.78, 5) is 0. The Morgan fingerprint density at radius 2 is 2.20 bits per heavy atom. The van der Waals surface area contributed by atoms with E-state index in [0.29, 0.717) is 12.5 Å². The molecular formula is C8H18N2. The molecule has 1 rings (SSSR count). The quantitative estimate of drug-likeness (QED) is 0.570. The van der Waals surface area contributed by atoms with Crippen LogP contribution in [0.4, 0.5) is 0 Å². The van der Waals surface area contributed by atoms with Gasteiger partial charge in [-0.1, -0.05) is 19.8 Å². The number of rotatable bonds is 1. The maximum absolute atomic E-state index is 6.08. The van der Waals surface area contributed by atoms with Crippen molar-refractivity contribution in [2.45, 2.75) is 38.1 Å². The largest absolute Gasteiger partial charge is 0.329 e. The monoisotopic (exact) mass is 142 g/mol. The van der Waals surface area contributed by atoms with Gasteiger partial charge in [0, 0.05) is 12.1 Å². The molecule has 0 bridgehead atoms. The van der Waals surface area contributed by atoms with Gasteiger partial charge in [0.05, 0.1) is 0 Å². The molecule has 1 saturated carbocycles. The Morgan fingerprint density at radius 3 is 2.60 bits per heavy atom. The number of nitrogens with two attached hydrogens (primary N) is 2. The first-order chi connectivity index (χ1) is 4.69. The van der Waals surface area contributed by atoms with Gasteiger partial charge < -0.3 is 11.5 Å². The van der Waals surface area contributed by atoms with Gasteiger partial charge in [-0.3, -0.25) is 0 Å². The summed E-state index contributed by atoms with van der Waals surface area (Å²) in [5.74, 6) is 0.617. The molecule has 0 saturated heterocycles. The molecule has 0 unspecified atom stereocenters. The zero-order chi connectivity index (χ0) is 7.61. The van der Waals surface area contributed by atoms with Crippen LogP contribution in [0.25, 0.3) is 0 Å². The number of hydrogen-bond acceptors (Lipinski definition) is 2. The second kappa shape index (κ2) is 2.89. The Labute approximate surface area is 63.0 Å². The van der Waals surface area contributed by atoms with E-state index in [1.807, 2.05) is 0 Å². The van der Waals surface area contributed by atoms with Crippen LogP contribution in [0.2, 0.25) is 0 Å². The molecule has 0 spiro atoms. The molecule has 2 atom stereocenters. The molecule has 0 aromatic carbocycles. The van der Waals surface area contributed by atoms with Crippen molar-refractivity contribution < 1.29 is 0 Å². The van der Waals surface area contributed by atoms with Gasteiger partial charge in [0.1, 0.15) is 0 Å². The Bertz CT molecular complexity index is 114. The smallest absolute Gasteiger partial charge is 0.0304 e. The summed E-state index contributed by atoms with van der Waals surface area (Å²) in [7, 11) is 0. The Hall–Kier alpha value is -0.0800. The van der Waals surface area contributed by atoms with E-state index in [-0.39, 0.29) is 5.54 Å². The molecule has 0 aliphatic heterocycles. The first-order valence-corrected chi connectivity index (χ1v) is 4.18. The molecule has 0 radical (unpaired) electrons. The van der Waals surface area contributed by atoms with E-state index >= 15 is 0 Å². The van der Waals surface area contributed by atoms with E-state index in [2.05, 4.69) is 6.92 Å². The first kappa shape index (κ1) is 8.02. The highest BCUT2D eigenvalue weighted by atomic mass is 14.8. The van der Waals surface area contributed by atoms with Crippen LogP contribution in [0.5, 0.6) is 0 Å². The van der Waals surface area contributed by atoms with Crippen molar-refractivity contribution in [3.8, 4) is 0 Å². The van der Waals surface area contributed by atoms with Crippen LogP contribution < -0.4 is 11.5 Å². The second-order valence-corrected chi connectivity index (χ2v) is 3.58. The van der Waals surface area contributed by atoms with Gasteiger partial charge in [-0.25, -0.2) is 0 Å². The molecule has 0 heterocycles. The van der Waals surface area contributed by atoms with Crippen LogP contribution in [0.1, 0.15) is 32.6 Å². The minimum atomic E-state index is -0.0434. The van der Waals surface area contributed by atoms with Crippen molar-refractivity contribution in [2.75, 3.05) is 6.54 Å². The summed E-state index contributed by atoms with van der Waals surface area (Å²) >= 11 is 0. The normalized spacial score (nSPS) is 41.7. The van der Waals surface area contributed by atoms with E-state index in [0.717, 1.165) is 6.42 Å². The third kappa shape index (κ3) is 1.32. The van der Waals surface area contributed by atoms with Crippen LogP contribution in [0, 0.1) is 5.92 Å². The molecule has 2 nitrogen and oxygen atoms in total. The van der Waals surface area contributed by atoms with Crippen LogP contribution in [0.15, 0.2) is 0 Å². The summed E-state index contributed by atoms with van der Waals surface area (Å²) in [6, 6.07) is 0. The Morgan fingerprint density at radius 1 is 1.50 bits per heavy atom. The summed E-state index contributed by atoms with van der Waals surface area (Å²) in [6.45, 7) is 2.86. The van der Waals surface area contributed by atoms with Gasteiger partial charge in [0.25, 0.3) is 0 Å². The van der Waals surface area contributed by atoms with Gasteiger partial charge >= 0.3 is 0 Å². The molecule has 1 aliphatic carbocycles. The fourth-order valence-corrected chi connectivity index (χ4v) is 1.74. The standard InChI is InChI=1S/C8H18N2/c1-7-4-2-3-5-8(7,10)6-9/h7H,2-6,9-10H2,1H3/t7-,8+/m0/s1. The lowest BCUT2D eigenvalue weighted by Crippen LogP contribution is -2.53. The third-order valence-corrected chi connectivity index (χ3v) is 2.89. The van der Waals surface area contributed by atoms with Gasteiger partial charge in [-0.15, -0.1) is 0 Å². The second-order valence-electron chi connectivity index (χ2n) is 3.58. The third-order valence-electron chi connectivity index (χ3n) is 2.89. The van der Waals surface area contributed by atoms with Crippen LogP contribution in [-0.4, -0.2) is 12.1 Å². The highest BCUT2D eigenvalue weighted by Gasteiger charge is 2.32. The Kier molecular flexibility index (Phi) is 2.32. The average molecular weight is 142 g/mol. The zero-order valence-electron chi connectivity index (χ0n) is 6.77. The molecular weight excluding hydrogens is 124 g/mol. The average Bonchev–Trinajstić information content (AvgIpc) is 1.96. The topological polar surface area (TPSA) is 52.0 Å². The molecule has 0 amide bonds. The summed E-state index contributed by atoms with van der Waals surface area (Å²) in [5.41, 5.74) is 11.6. The molecule has 0 aromatic rings. The van der Waals surface area contributed by atoms with Gasteiger partial charge in [-0.2, -0.15) is 0 Å². The van der Waals surface area contributed by atoms with Gasteiger partial charge in [0.2, 0.25) is 0 Å². The minimum absolute atomic E-state index is 0.0434. The highest BCUT2D eigenvalue weighted by Crippen LogP contribution is 2.30. The first-order valence-electron chi connectivity index (χ1n) is 4.18. The van der Waals surface area contributed by atoms with Crippen molar-refractivity contribution in [3.63, 3.8) is 0 Å². The predicted molar refractivity (Wildman–Crippen MR) is 43.6 cm³/mol. The molecule has 2 heteroatoms. The maximum Gasteiger partial charge on any atom is 0.0304 e. The minimum Gasteiger partial charge on any atom is -0.329 e. The molecule has 4 N–H and O–H groups in total. The lowest BCUT2D eigenvalue weighted by molar-refractivity contribution is 0.212. The zero-order valence-corrected chi connectivity index (χ0v) is 6.77. The van der Waals surface area contributed by atoms with E-state index in [9.17, 15) is 0 Å². The lowest BCUT2D eigenvalue weighted by atomic mass is 9.74. The van der Waals surface area contributed by atoms with E-state index in [1.54, 1.807) is 0 Å². The Balaban J connectivity index is 2.54. The van der Waals surface area contributed by atoms with E-state index < -0.39 is 0 Å². The van der Waals surface area contributed by atoms with Crippen LogP contribution in [0.3, 0.4) is 0 Å².